The molecule has 0 bridgehead atoms. The Hall–Kier alpha value is -1.99. The number of amides is 3. The molecular formula is C14H13NO4S2. The van der Waals surface area contributed by atoms with Gasteiger partial charge in [-0.05, 0) is 21.6 Å². The second-order valence-corrected chi connectivity index (χ2v) is 8.01. The molecule has 7 heteroatoms. The third kappa shape index (κ3) is 2.18. The van der Waals surface area contributed by atoms with Crippen molar-refractivity contribution in [3.05, 3.63) is 55.7 Å². The van der Waals surface area contributed by atoms with Gasteiger partial charge in [-0.15, -0.1) is 0 Å². The highest BCUT2D eigenvalue weighted by molar-refractivity contribution is 8.29. The van der Waals surface area contributed by atoms with Crippen LogP contribution in [-0.4, -0.2) is 29.9 Å². The summed E-state index contributed by atoms with van der Waals surface area (Å²) in [5, 5.41) is 7.59. The molecule has 0 aliphatic carbocycles. The minimum absolute atomic E-state index is 0.438. The van der Waals surface area contributed by atoms with Gasteiger partial charge in [0, 0.05) is 0 Å². The Kier molecular flexibility index (Phi) is 3.60. The highest BCUT2D eigenvalue weighted by atomic mass is 32.2. The third-order valence-electron chi connectivity index (χ3n) is 3.12. The monoisotopic (exact) mass is 323 g/mol. The van der Waals surface area contributed by atoms with Crippen LogP contribution in [0.4, 0.5) is 4.79 Å². The van der Waals surface area contributed by atoms with E-state index in [-0.39, 0.29) is 0 Å². The third-order valence-corrected chi connectivity index (χ3v) is 7.13. The lowest BCUT2D eigenvalue weighted by Crippen LogP contribution is -2.37. The Morgan fingerprint density at radius 1 is 0.905 bits per heavy atom. The van der Waals surface area contributed by atoms with Crippen molar-refractivity contribution >= 4 is 39.7 Å². The largest absolute Gasteiger partial charge is 0.452 e. The Morgan fingerprint density at radius 3 is 1.62 bits per heavy atom. The number of rotatable bonds is 2. The fraction of sp³-hybridized carbons (Fsp3) is 0.0714. The lowest BCUT2D eigenvalue weighted by molar-refractivity contribution is -0.134. The van der Waals surface area contributed by atoms with Gasteiger partial charge in [0.05, 0.1) is 16.9 Å². The molecule has 0 radical (unpaired) electrons. The second kappa shape index (κ2) is 5.42. The maximum absolute atomic E-state index is 12.5. The fourth-order valence-electron chi connectivity index (χ4n) is 2.20. The van der Waals surface area contributed by atoms with Crippen molar-refractivity contribution < 1.29 is 19.1 Å². The Labute approximate surface area is 127 Å². The van der Waals surface area contributed by atoms with Gasteiger partial charge in [0.25, 0.3) is 11.8 Å². The number of hydrogen-bond acceptors (Lipinski definition) is 4. The van der Waals surface area contributed by atoms with Gasteiger partial charge in [-0.1, -0.05) is 24.3 Å². The zero-order chi connectivity index (χ0) is 15.0. The predicted molar refractivity (Wildman–Crippen MR) is 85.8 cm³/mol. The molecule has 3 heterocycles. The van der Waals surface area contributed by atoms with Gasteiger partial charge in [-0.25, -0.2) is 4.79 Å². The zero-order valence-corrected chi connectivity index (χ0v) is 12.9. The number of hydrogen-bond donors (Lipinski definition) is 2. The summed E-state index contributed by atoms with van der Waals surface area (Å²) in [6.07, 6.45) is 6.47. The van der Waals surface area contributed by atoms with Crippen LogP contribution in [0, 0.1) is 0 Å². The molecule has 110 valence electrons. The van der Waals surface area contributed by atoms with E-state index in [0.717, 1.165) is 7.11 Å². The molecule has 0 aromatic heterocycles. The summed E-state index contributed by atoms with van der Waals surface area (Å²) < 4.78 is 4.56. The minimum atomic E-state index is -0.977. The molecule has 0 saturated carbocycles. The highest BCUT2D eigenvalue weighted by Crippen LogP contribution is 2.55. The number of allylic oxidation sites excluding steroid dienone is 4. The molecular weight excluding hydrogens is 310 g/mol. The van der Waals surface area contributed by atoms with E-state index < -0.39 is 39.7 Å². The van der Waals surface area contributed by atoms with E-state index in [1.807, 2.05) is 45.9 Å². The molecule has 3 aliphatic heterocycles. The van der Waals surface area contributed by atoms with Gasteiger partial charge < -0.3 is 4.74 Å². The van der Waals surface area contributed by atoms with Crippen LogP contribution in [0.15, 0.2) is 55.7 Å². The molecule has 0 unspecified atom stereocenters. The summed E-state index contributed by atoms with van der Waals surface area (Å²) >= 11 is 0. The summed E-state index contributed by atoms with van der Waals surface area (Å²) in [4.78, 5) is 38.3. The van der Waals surface area contributed by atoms with E-state index in [0.29, 0.717) is 14.7 Å². The normalized spacial score (nSPS) is 23.2. The van der Waals surface area contributed by atoms with Crippen LogP contribution in [-0.2, 0) is 14.3 Å². The maximum Gasteiger partial charge on any atom is 0.423 e. The quantitative estimate of drug-likeness (QED) is 0.605. The number of nitrogens with zero attached hydrogens (tertiary/aromatic N) is 1. The summed E-state index contributed by atoms with van der Waals surface area (Å²) in [5.74, 6) is -1.11. The van der Waals surface area contributed by atoms with Gasteiger partial charge in [-0.2, -0.15) is 26.7 Å². The van der Waals surface area contributed by atoms with Crippen LogP contribution in [0.25, 0.3) is 0 Å². The van der Waals surface area contributed by atoms with E-state index in [9.17, 15) is 14.4 Å². The van der Waals surface area contributed by atoms with Crippen LogP contribution in [0.3, 0.4) is 0 Å². The number of carbonyl (C=O) groups excluding carboxylic acids is 3. The topological polar surface area (TPSA) is 63.7 Å². The molecule has 5 nitrogen and oxygen atoms in total. The SMILES string of the molecule is COC(=O)N1C(=O)C([SH]2C=CC=C2)=C([SH]2C=CC=C2)C1=O. The first-order valence-electron chi connectivity index (χ1n) is 6.13. The molecule has 0 aromatic carbocycles. The van der Waals surface area contributed by atoms with E-state index in [2.05, 4.69) is 4.74 Å². The number of ether oxygens (including phenoxy) is 1. The maximum atomic E-state index is 12.5. The van der Waals surface area contributed by atoms with Gasteiger partial charge in [-0.3, -0.25) is 9.59 Å². The van der Waals surface area contributed by atoms with Crippen molar-refractivity contribution in [3.63, 3.8) is 0 Å². The van der Waals surface area contributed by atoms with Crippen molar-refractivity contribution in [1.29, 1.82) is 0 Å². The number of thiol groups is 2. The van der Waals surface area contributed by atoms with Crippen LogP contribution in [0.1, 0.15) is 0 Å². The first-order valence-corrected chi connectivity index (χ1v) is 9.09. The average molecular weight is 323 g/mol. The van der Waals surface area contributed by atoms with E-state index in [4.69, 9.17) is 0 Å². The molecule has 0 N–H and O–H groups in total. The molecule has 0 spiro atoms. The molecule has 21 heavy (non-hydrogen) atoms. The van der Waals surface area contributed by atoms with Crippen molar-refractivity contribution in [2.75, 3.05) is 7.11 Å². The summed E-state index contributed by atoms with van der Waals surface area (Å²) in [7, 11) is -0.799. The van der Waals surface area contributed by atoms with E-state index >= 15 is 0 Å². The Bertz CT molecular complexity index is 613. The number of methoxy groups -OCH3 is 1. The molecule has 0 atom stereocenters. The molecule has 3 aliphatic rings. The van der Waals surface area contributed by atoms with Crippen LogP contribution in [0.5, 0.6) is 0 Å². The van der Waals surface area contributed by atoms with Gasteiger partial charge in [0.15, 0.2) is 0 Å². The van der Waals surface area contributed by atoms with Crippen LogP contribution < -0.4 is 0 Å². The molecule has 0 aromatic rings. The van der Waals surface area contributed by atoms with Gasteiger partial charge in [0.1, 0.15) is 0 Å². The van der Waals surface area contributed by atoms with Crippen molar-refractivity contribution in [2.45, 2.75) is 0 Å². The van der Waals surface area contributed by atoms with Gasteiger partial charge >= 0.3 is 6.09 Å². The van der Waals surface area contributed by atoms with Crippen molar-refractivity contribution in [2.24, 2.45) is 0 Å². The van der Waals surface area contributed by atoms with Crippen molar-refractivity contribution in [1.82, 2.24) is 4.90 Å². The standard InChI is InChI=1S/C14H13NO4S2/c1-19-14(18)15-12(16)10(20-6-2-3-7-20)11(13(15)17)21-8-4-5-9-21/h2-9,20-21H,1H3. The summed E-state index contributed by atoms with van der Waals surface area (Å²) in [6.45, 7) is 0. The molecule has 3 rings (SSSR count). The number of imide groups is 3. The Morgan fingerprint density at radius 2 is 1.29 bits per heavy atom. The van der Waals surface area contributed by atoms with Crippen LogP contribution >= 0.6 is 21.8 Å². The average Bonchev–Trinajstić information content (AvgIpc) is 3.18. The highest BCUT2D eigenvalue weighted by Gasteiger charge is 2.45. The molecule has 3 amide bonds. The Balaban J connectivity index is 2.09. The zero-order valence-electron chi connectivity index (χ0n) is 11.1. The molecule has 0 fully saturated rings. The predicted octanol–water partition coefficient (Wildman–Crippen LogP) is 2.42. The first-order chi connectivity index (χ1) is 10.1. The van der Waals surface area contributed by atoms with E-state index in [1.54, 1.807) is 0 Å². The van der Waals surface area contributed by atoms with Crippen LogP contribution in [0.2, 0.25) is 0 Å². The summed E-state index contributed by atoms with van der Waals surface area (Å²) in [5.41, 5.74) is 0. The van der Waals surface area contributed by atoms with E-state index in [1.165, 1.54) is 0 Å². The number of carbonyl (C=O) groups is 3. The smallest absolute Gasteiger partial charge is 0.423 e. The lowest BCUT2D eigenvalue weighted by Gasteiger charge is -2.15. The minimum Gasteiger partial charge on any atom is -0.452 e. The van der Waals surface area contributed by atoms with Crippen molar-refractivity contribution in [3.8, 4) is 0 Å². The lowest BCUT2D eigenvalue weighted by atomic mass is 10.5. The fourth-order valence-corrected chi connectivity index (χ4v) is 6.15. The molecule has 0 saturated heterocycles. The second-order valence-electron chi connectivity index (χ2n) is 4.29. The first kappa shape index (κ1) is 14.0. The summed E-state index contributed by atoms with van der Waals surface area (Å²) in [6, 6.07) is 0. The van der Waals surface area contributed by atoms with Gasteiger partial charge in [0.2, 0.25) is 0 Å².